The normalized spacial score (nSPS) is 64.0. The minimum Gasteiger partial charge on any atom is -0.198 e. The Hall–Kier alpha value is -0.510. The largest absolute Gasteiger partial charge is 0.198 e. The molecule has 2 bridgehead atoms. The van der Waals surface area contributed by atoms with E-state index >= 15 is 0 Å². The lowest BCUT2D eigenvalue weighted by Crippen LogP contribution is -2.06. The summed E-state index contributed by atoms with van der Waals surface area (Å²) in [6, 6.07) is 2.52. The summed E-state index contributed by atoms with van der Waals surface area (Å²) < 4.78 is 0. The van der Waals surface area contributed by atoms with E-state index in [0.29, 0.717) is 0 Å². The Balaban J connectivity index is 1.98. The first-order valence-electron chi connectivity index (χ1n) is 4.68. The first kappa shape index (κ1) is 6.06. The first-order chi connectivity index (χ1) is 5.27. The molecule has 58 valence electrons. The summed E-state index contributed by atoms with van der Waals surface area (Å²) in [6.45, 7) is 2.17. The van der Waals surface area contributed by atoms with Crippen molar-refractivity contribution < 1.29 is 0 Å². The maximum absolute atomic E-state index is 8.98. The number of hydrogen-bond acceptors (Lipinski definition) is 1. The fourth-order valence-corrected chi connectivity index (χ4v) is 4.00. The summed E-state index contributed by atoms with van der Waals surface area (Å²) in [6.07, 6.45) is 4.29. The predicted octanol–water partition coefficient (Wildman–Crippen LogP) is 2.19. The van der Waals surface area contributed by atoms with Gasteiger partial charge in [0.05, 0.1) is 11.5 Å². The van der Waals surface area contributed by atoms with Crippen LogP contribution in [-0.2, 0) is 0 Å². The molecule has 0 N–H and O–H groups in total. The fourth-order valence-electron chi connectivity index (χ4n) is 4.00. The molecule has 11 heavy (non-hydrogen) atoms. The summed E-state index contributed by atoms with van der Waals surface area (Å²) in [4.78, 5) is 0. The molecule has 0 amide bonds. The summed E-state index contributed by atoms with van der Waals surface area (Å²) in [5.74, 6) is 3.50. The first-order valence-corrected chi connectivity index (χ1v) is 4.68. The van der Waals surface area contributed by atoms with Crippen molar-refractivity contribution in [1.82, 2.24) is 0 Å². The number of nitrogens with zero attached hydrogens (tertiary/aromatic N) is 1. The van der Waals surface area contributed by atoms with Crippen molar-refractivity contribution in [2.75, 3.05) is 0 Å². The van der Waals surface area contributed by atoms with Crippen LogP contribution in [0, 0.1) is 40.4 Å². The van der Waals surface area contributed by atoms with Crippen LogP contribution in [0.1, 0.15) is 26.2 Å². The topological polar surface area (TPSA) is 23.8 Å². The van der Waals surface area contributed by atoms with E-state index in [1.807, 2.05) is 0 Å². The Kier molecular flexibility index (Phi) is 0.815. The molecule has 4 atom stereocenters. The van der Waals surface area contributed by atoms with Gasteiger partial charge in [-0.25, -0.2) is 0 Å². The molecular formula is C10H13N. The summed E-state index contributed by atoms with van der Waals surface area (Å²) in [5, 5.41) is 8.98. The average molecular weight is 147 g/mol. The highest BCUT2D eigenvalue weighted by Crippen LogP contribution is 2.75. The fraction of sp³-hybridized carbons (Fsp3) is 0.900. The zero-order valence-corrected chi connectivity index (χ0v) is 6.88. The molecule has 0 aromatic heterocycles. The number of hydrogen-bond donors (Lipinski definition) is 0. The average Bonchev–Trinajstić information content (AvgIpc) is 2.46. The second-order valence-corrected chi connectivity index (χ2v) is 4.78. The van der Waals surface area contributed by atoms with Gasteiger partial charge in [-0.15, -0.1) is 0 Å². The van der Waals surface area contributed by atoms with Gasteiger partial charge < -0.3 is 0 Å². The van der Waals surface area contributed by atoms with Gasteiger partial charge in [-0.1, -0.05) is 0 Å². The molecule has 3 aliphatic rings. The van der Waals surface area contributed by atoms with Crippen LogP contribution in [-0.4, -0.2) is 0 Å². The Morgan fingerprint density at radius 1 is 1.27 bits per heavy atom. The molecule has 1 nitrogen and oxygen atoms in total. The Bertz CT molecular complexity index is 234. The highest BCUT2D eigenvalue weighted by molar-refractivity contribution is 5.27. The zero-order valence-electron chi connectivity index (χ0n) is 6.88. The van der Waals surface area contributed by atoms with Crippen LogP contribution in [0.5, 0.6) is 0 Å². The van der Waals surface area contributed by atoms with Crippen molar-refractivity contribution in [3.8, 4) is 6.07 Å². The minimum atomic E-state index is 0.115. The molecule has 0 aromatic rings. The van der Waals surface area contributed by atoms with Gasteiger partial charge in [-0.2, -0.15) is 5.26 Å². The Morgan fingerprint density at radius 3 is 2.27 bits per heavy atom. The standard InChI is InChI=1S/C10H13N/c1-10(5-11)8-6-2-3-7(4-6)9(8)10/h6-9H,2-4H2,1H3. The molecule has 3 fully saturated rings. The van der Waals surface area contributed by atoms with Crippen molar-refractivity contribution in [2.45, 2.75) is 26.2 Å². The lowest BCUT2D eigenvalue weighted by Gasteiger charge is -2.09. The van der Waals surface area contributed by atoms with E-state index in [9.17, 15) is 0 Å². The van der Waals surface area contributed by atoms with Gasteiger partial charge in [0.15, 0.2) is 0 Å². The monoisotopic (exact) mass is 147 g/mol. The van der Waals surface area contributed by atoms with Crippen molar-refractivity contribution in [3.63, 3.8) is 0 Å². The van der Waals surface area contributed by atoms with E-state index < -0.39 is 0 Å². The van der Waals surface area contributed by atoms with Gasteiger partial charge in [-0.3, -0.25) is 0 Å². The molecule has 3 aliphatic carbocycles. The Morgan fingerprint density at radius 2 is 1.82 bits per heavy atom. The second kappa shape index (κ2) is 1.48. The minimum absolute atomic E-state index is 0.115. The number of fused-ring (bicyclic) bond motifs is 5. The molecule has 0 aromatic carbocycles. The summed E-state index contributed by atoms with van der Waals surface area (Å²) in [7, 11) is 0. The van der Waals surface area contributed by atoms with Crippen molar-refractivity contribution in [3.05, 3.63) is 0 Å². The highest BCUT2D eigenvalue weighted by Gasteiger charge is 2.72. The van der Waals surface area contributed by atoms with Gasteiger partial charge >= 0.3 is 0 Å². The maximum atomic E-state index is 8.98. The predicted molar refractivity (Wildman–Crippen MR) is 41.5 cm³/mol. The van der Waals surface area contributed by atoms with Crippen LogP contribution in [0.3, 0.4) is 0 Å². The van der Waals surface area contributed by atoms with Gasteiger partial charge in [0.1, 0.15) is 0 Å². The lowest BCUT2D eigenvalue weighted by molar-refractivity contribution is 0.422. The summed E-state index contributed by atoms with van der Waals surface area (Å²) >= 11 is 0. The quantitative estimate of drug-likeness (QED) is 0.515. The lowest BCUT2D eigenvalue weighted by atomic mass is 9.93. The van der Waals surface area contributed by atoms with Crippen LogP contribution < -0.4 is 0 Å². The van der Waals surface area contributed by atoms with E-state index in [-0.39, 0.29) is 5.41 Å². The van der Waals surface area contributed by atoms with Gasteiger partial charge in [0.2, 0.25) is 0 Å². The van der Waals surface area contributed by atoms with Gasteiger partial charge in [0.25, 0.3) is 0 Å². The van der Waals surface area contributed by atoms with Crippen LogP contribution >= 0.6 is 0 Å². The molecule has 0 spiro atoms. The van der Waals surface area contributed by atoms with Gasteiger partial charge in [0, 0.05) is 0 Å². The zero-order chi connectivity index (χ0) is 7.64. The molecule has 3 rings (SSSR count). The third kappa shape index (κ3) is 0.475. The molecule has 0 heterocycles. The van der Waals surface area contributed by atoms with Crippen LogP contribution in [0.25, 0.3) is 0 Å². The van der Waals surface area contributed by atoms with E-state index in [4.69, 9.17) is 5.26 Å². The van der Waals surface area contributed by atoms with E-state index in [2.05, 4.69) is 13.0 Å². The molecule has 1 heteroatoms. The molecule has 0 radical (unpaired) electrons. The van der Waals surface area contributed by atoms with E-state index in [1.54, 1.807) is 0 Å². The third-order valence-electron chi connectivity index (χ3n) is 4.43. The van der Waals surface area contributed by atoms with E-state index in [0.717, 1.165) is 23.7 Å². The van der Waals surface area contributed by atoms with Crippen molar-refractivity contribution in [2.24, 2.45) is 29.1 Å². The molecular weight excluding hydrogens is 134 g/mol. The van der Waals surface area contributed by atoms with Crippen molar-refractivity contribution >= 4 is 0 Å². The second-order valence-electron chi connectivity index (χ2n) is 4.78. The Labute approximate surface area is 67.4 Å². The molecule has 0 aliphatic heterocycles. The van der Waals surface area contributed by atoms with Crippen LogP contribution in [0.2, 0.25) is 0 Å². The van der Waals surface area contributed by atoms with Crippen LogP contribution in [0.15, 0.2) is 0 Å². The molecule has 0 saturated heterocycles. The summed E-state index contributed by atoms with van der Waals surface area (Å²) in [5.41, 5.74) is 0.115. The SMILES string of the molecule is CC1(C#N)C2C3CCC(C3)C21. The number of nitriles is 1. The number of rotatable bonds is 0. The maximum Gasteiger partial charge on any atom is 0.0693 e. The smallest absolute Gasteiger partial charge is 0.0693 e. The van der Waals surface area contributed by atoms with Gasteiger partial charge in [-0.05, 0) is 49.9 Å². The van der Waals surface area contributed by atoms with Crippen LogP contribution in [0.4, 0.5) is 0 Å². The van der Waals surface area contributed by atoms with E-state index in [1.165, 1.54) is 19.3 Å². The highest BCUT2D eigenvalue weighted by atomic mass is 14.8. The third-order valence-corrected chi connectivity index (χ3v) is 4.43. The molecule has 3 saturated carbocycles. The molecule has 4 unspecified atom stereocenters. The van der Waals surface area contributed by atoms with Crippen molar-refractivity contribution in [1.29, 1.82) is 5.26 Å².